The highest BCUT2D eigenvalue weighted by molar-refractivity contribution is 5.81. The lowest BCUT2D eigenvalue weighted by Gasteiger charge is -2.17. The summed E-state index contributed by atoms with van der Waals surface area (Å²) < 4.78 is 10.1. The van der Waals surface area contributed by atoms with Gasteiger partial charge in [-0.15, -0.1) is 0 Å². The molecule has 0 aromatic carbocycles. The van der Waals surface area contributed by atoms with Crippen molar-refractivity contribution in [1.29, 1.82) is 0 Å². The Morgan fingerprint density at radius 3 is 2.43 bits per heavy atom. The molecule has 0 heterocycles. The zero-order valence-corrected chi connectivity index (χ0v) is 13.4. The Balaban J connectivity index is 4.15. The minimum Gasteiger partial charge on any atom is -0.464 e. The average molecular weight is 299 g/mol. The number of rotatable bonds is 12. The summed E-state index contributed by atoms with van der Waals surface area (Å²) in [7, 11) is 0. The molecule has 1 N–H and O–H groups in total. The first-order chi connectivity index (χ1) is 10.2. The predicted molar refractivity (Wildman–Crippen MR) is 83.1 cm³/mol. The highest BCUT2D eigenvalue weighted by atomic mass is 16.6. The van der Waals surface area contributed by atoms with Gasteiger partial charge < -0.3 is 14.8 Å². The third kappa shape index (κ3) is 10.9. The second-order valence-corrected chi connectivity index (χ2v) is 4.95. The van der Waals surface area contributed by atoms with Crippen molar-refractivity contribution in [3.05, 3.63) is 12.7 Å². The van der Waals surface area contributed by atoms with Crippen LogP contribution in [-0.4, -0.2) is 31.3 Å². The molecule has 0 aliphatic carbocycles. The molecule has 0 aliphatic heterocycles. The van der Waals surface area contributed by atoms with Gasteiger partial charge in [0.05, 0.1) is 6.61 Å². The van der Waals surface area contributed by atoms with E-state index in [0.717, 1.165) is 38.5 Å². The van der Waals surface area contributed by atoms with Crippen LogP contribution in [0, 0.1) is 0 Å². The van der Waals surface area contributed by atoms with Crippen LogP contribution in [0.1, 0.15) is 58.8 Å². The van der Waals surface area contributed by atoms with Gasteiger partial charge in [-0.3, -0.25) is 0 Å². The van der Waals surface area contributed by atoms with Crippen molar-refractivity contribution in [2.24, 2.45) is 0 Å². The third-order valence-corrected chi connectivity index (χ3v) is 3.00. The fourth-order valence-electron chi connectivity index (χ4n) is 1.78. The van der Waals surface area contributed by atoms with Gasteiger partial charge in [0.2, 0.25) is 0 Å². The summed E-state index contributed by atoms with van der Waals surface area (Å²) in [4.78, 5) is 23.5. The molecular formula is C16H29NO4. The van der Waals surface area contributed by atoms with Gasteiger partial charge >= 0.3 is 12.1 Å². The van der Waals surface area contributed by atoms with E-state index < -0.39 is 12.1 Å². The molecule has 0 aliphatic rings. The molecule has 5 nitrogen and oxygen atoms in total. The number of carbonyl (C=O) groups excluding carboxylic acids is 2. The van der Waals surface area contributed by atoms with E-state index in [0.29, 0.717) is 13.0 Å². The van der Waals surface area contributed by atoms with E-state index in [1.165, 1.54) is 6.08 Å². The highest BCUT2D eigenvalue weighted by Crippen LogP contribution is 2.05. The normalized spacial score (nSPS) is 11.5. The van der Waals surface area contributed by atoms with Gasteiger partial charge in [0.1, 0.15) is 12.6 Å². The lowest BCUT2D eigenvalue weighted by molar-refractivity contribution is -0.146. The Hall–Kier alpha value is -1.52. The maximum Gasteiger partial charge on any atom is 0.408 e. The molecule has 0 saturated heterocycles. The van der Waals surface area contributed by atoms with Gasteiger partial charge in [-0.2, -0.15) is 0 Å². The first-order valence-electron chi connectivity index (χ1n) is 7.86. The van der Waals surface area contributed by atoms with Crippen LogP contribution in [0.5, 0.6) is 0 Å². The molecule has 0 aromatic rings. The fourth-order valence-corrected chi connectivity index (χ4v) is 1.78. The first kappa shape index (κ1) is 19.5. The molecule has 0 saturated carbocycles. The molecule has 1 unspecified atom stereocenters. The second kappa shape index (κ2) is 13.5. The molecule has 0 spiro atoms. The summed E-state index contributed by atoms with van der Waals surface area (Å²) in [6.07, 6.45) is 7.42. The Kier molecular flexibility index (Phi) is 12.5. The lowest BCUT2D eigenvalue weighted by Crippen LogP contribution is -2.42. The van der Waals surface area contributed by atoms with Crippen molar-refractivity contribution in [3.8, 4) is 0 Å². The first-order valence-corrected chi connectivity index (χ1v) is 7.86. The third-order valence-electron chi connectivity index (χ3n) is 3.00. The number of esters is 1. The molecule has 0 bridgehead atoms. The van der Waals surface area contributed by atoms with E-state index in [1.807, 2.05) is 6.92 Å². The van der Waals surface area contributed by atoms with E-state index >= 15 is 0 Å². The van der Waals surface area contributed by atoms with Crippen LogP contribution in [0.2, 0.25) is 0 Å². The van der Waals surface area contributed by atoms with Gasteiger partial charge in [0, 0.05) is 0 Å². The van der Waals surface area contributed by atoms with E-state index in [1.54, 1.807) is 0 Å². The number of ether oxygens (including phenoxy) is 2. The summed E-state index contributed by atoms with van der Waals surface area (Å²) in [5, 5.41) is 2.55. The van der Waals surface area contributed by atoms with Crippen LogP contribution in [-0.2, 0) is 14.3 Å². The molecule has 21 heavy (non-hydrogen) atoms. The number of nitrogens with one attached hydrogen (secondary N) is 1. The van der Waals surface area contributed by atoms with Crippen LogP contribution in [0.15, 0.2) is 12.7 Å². The summed E-state index contributed by atoms with van der Waals surface area (Å²) in [5.74, 6) is -0.379. The quantitative estimate of drug-likeness (QED) is 0.340. The van der Waals surface area contributed by atoms with Crippen molar-refractivity contribution >= 4 is 12.1 Å². The highest BCUT2D eigenvalue weighted by Gasteiger charge is 2.22. The summed E-state index contributed by atoms with van der Waals surface area (Å²) in [6.45, 7) is 8.16. The smallest absolute Gasteiger partial charge is 0.408 e. The number of hydrogen-bond acceptors (Lipinski definition) is 4. The molecule has 0 rings (SSSR count). The van der Waals surface area contributed by atoms with Crippen LogP contribution in [0.4, 0.5) is 4.79 Å². The number of carbonyl (C=O) groups is 2. The predicted octanol–water partition coefficient (Wildman–Crippen LogP) is 3.58. The summed E-state index contributed by atoms with van der Waals surface area (Å²) in [6, 6.07) is -0.631. The van der Waals surface area contributed by atoms with E-state index in [9.17, 15) is 9.59 Å². The molecule has 0 aromatic heterocycles. The minimum absolute atomic E-state index is 0.123. The number of unbranched alkanes of at least 4 members (excludes halogenated alkanes) is 4. The summed E-state index contributed by atoms with van der Waals surface area (Å²) >= 11 is 0. The van der Waals surface area contributed by atoms with E-state index in [2.05, 4.69) is 18.8 Å². The molecule has 5 heteroatoms. The van der Waals surface area contributed by atoms with Crippen LogP contribution in [0.3, 0.4) is 0 Å². The number of hydrogen-bond donors (Lipinski definition) is 1. The molecular weight excluding hydrogens is 270 g/mol. The number of amides is 1. The summed E-state index contributed by atoms with van der Waals surface area (Å²) in [5.41, 5.74) is 0. The van der Waals surface area contributed by atoms with Crippen molar-refractivity contribution in [2.45, 2.75) is 64.8 Å². The molecule has 0 radical (unpaired) electrons. The van der Waals surface area contributed by atoms with Gasteiger partial charge in [-0.25, -0.2) is 9.59 Å². The van der Waals surface area contributed by atoms with Crippen molar-refractivity contribution in [3.63, 3.8) is 0 Å². The SMILES string of the molecule is C=CCOC(=O)NC(CCCC)C(=O)OCCCCCC. The van der Waals surface area contributed by atoms with Gasteiger partial charge in [-0.1, -0.05) is 58.6 Å². The molecule has 122 valence electrons. The van der Waals surface area contributed by atoms with Crippen molar-refractivity contribution in [2.75, 3.05) is 13.2 Å². The maximum atomic E-state index is 12.0. The van der Waals surface area contributed by atoms with Crippen molar-refractivity contribution in [1.82, 2.24) is 5.32 Å². The standard InChI is InChI=1S/C16H29NO4/c1-4-7-9-10-13-20-15(18)14(11-8-5-2)17-16(19)21-12-6-3/h6,14H,3-5,7-13H2,1-2H3,(H,17,19). The zero-order valence-electron chi connectivity index (χ0n) is 13.4. The largest absolute Gasteiger partial charge is 0.464 e. The topological polar surface area (TPSA) is 64.6 Å². The number of alkyl carbamates (subject to hydrolysis) is 1. The molecule has 0 fully saturated rings. The van der Waals surface area contributed by atoms with E-state index in [-0.39, 0.29) is 12.6 Å². The monoisotopic (exact) mass is 299 g/mol. The van der Waals surface area contributed by atoms with Crippen LogP contribution in [0.25, 0.3) is 0 Å². The van der Waals surface area contributed by atoms with Gasteiger partial charge in [0.15, 0.2) is 0 Å². The average Bonchev–Trinajstić information content (AvgIpc) is 2.48. The maximum absolute atomic E-state index is 12.0. The Morgan fingerprint density at radius 1 is 1.10 bits per heavy atom. The molecule has 1 atom stereocenters. The van der Waals surface area contributed by atoms with E-state index in [4.69, 9.17) is 9.47 Å². The second-order valence-electron chi connectivity index (χ2n) is 4.95. The Morgan fingerprint density at radius 2 is 1.81 bits per heavy atom. The minimum atomic E-state index is -0.631. The Bertz CT molecular complexity index is 305. The fraction of sp³-hybridized carbons (Fsp3) is 0.750. The van der Waals surface area contributed by atoms with Gasteiger partial charge in [0.25, 0.3) is 0 Å². The Labute approximate surface area is 128 Å². The molecule has 1 amide bonds. The van der Waals surface area contributed by atoms with Gasteiger partial charge in [-0.05, 0) is 12.8 Å². The van der Waals surface area contributed by atoms with Crippen molar-refractivity contribution < 1.29 is 19.1 Å². The van der Waals surface area contributed by atoms with Crippen LogP contribution >= 0.6 is 0 Å². The zero-order chi connectivity index (χ0) is 15.9. The lowest BCUT2D eigenvalue weighted by atomic mass is 10.1. The van der Waals surface area contributed by atoms with Crippen LogP contribution < -0.4 is 5.32 Å².